The second-order valence-electron chi connectivity index (χ2n) is 5.40. The summed E-state index contributed by atoms with van der Waals surface area (Å²) in [7, 11) is 0. The van der Waals surface area contributed by atoms with Gasteiger partial charge in [-0.25, -0.2) is 0 Å². The van der Waals surface area contributed by atoms with Gasteiger partial charge in [0, 0.05) is 21.8 Å². The summed E-state index contributed by atoms with van der Waals surface area (Å²) in [6.07, 6.45) is 0. The number of rotatable bonds is 2. The molecule has 3 rings (SSSR count). The van der Waals surface area contributed by atoms with E-state index in [0.717, 1.165) is 16.3 Å². The molecule has 0 aliphatic carbocycles. The lowest BCUT2D eigenvalue weighted by atomic mass is 10.1. The van der Waals surface area contributed by atoms with Crippen molar-refractivity contribution in [2.45, 2.75) is 6.92 Å². The standard InChI is InChI=1S/C19H15ClN2O2/c1-12-11-14(9-10-16(12)20)21-18(23)19(24)22-17-8-4-6-13-5-2-3-7-15(13)17/h2-11H,1H3,(H,21,23)(H,22,24). The summed E-state index contributed by atoms with van der Waals surface area (Å²) in [5.74, 6) is -1.45. The van der Waals surface area contributed by atoms with Crippen molar-refractivity contribution >= 4 is 45.6 Å². The Bertz CT molecular complexity index is 932. The van der Waals surface area contributed by atoms with E-state index < -0.39 is 11.8 Å². The van der Waals surface area contributed by atoms with Gasteiger partial charge >= 0.3 is 11.8 Å². The summed E-state index contributed by atoms with van der Waals surface area (Å²) < 4.78 is 0. The number of amides is 2. The Hall–Kier alpha value is -2.85. The molecule has 0 aliphatic rings. The maximum Gasteiger partial charge on any atom is 0.314 e. The number of aryl methyl sites for hydroxylation is 1. The lowest BCUT2D eigenvalue weighted by Crippen LogP contribution is -2.29. The zero-order valence-electron chi connectivity index (χ0n) is 13.0. The number of carbonyl (C=O) groups excluding carboxylic acids is 2. The minimum absolute atomic E-state index is 0.523. The van der Waals surface area contributed by atoms with Gasteiger partial charge in [-0.2, -0.15) is 0 Å². The number of benzene rings is 3. The molecule has 120 valence electrons. The van der Waals surface area contributed by atoms with Gasteiger partial charge in [0.1, 0.15) is 0 Å². The first-order chi connectivity index (χ1) is 11.5. The van der Waals surface area contributed by atoms with Gasteiger partial charge in [-0.1, -0.05) is 48.0 Å². The fraction of sp³-hybridized carbons (Fsp3) is 0.0526. The molecule has 0 saturated carbocycles. The van der Waals surface area contributed by atoms with Gasteiger partial charge < -0.3 is 10.6 Å². The van der Waals surface area contributed by atoms with Gasteiger partial charge in [0.05, 0.1) is 0 Å². The molecule has 5 heteroatoms. The van der Waals surface area contributed by atoms with Gasteiger partial charge in [0.15, 0.2) is 0 Å². The number of halogens is 1. The van der Waals surface area contributed by atoms with Crippen LogP contribution in [0, 0.1) is 6.92 Å². The zero-order valence-corrected chi connectivity index (χ0v) is 13.7. The molecule has 3 aromatic carbocycles. The van der Waals surface area contributed by atoms with Crippen LogP contribution >= 0.6 is 11.6 Å². The van der Waals surface area contributed by atoms with Crippen LogP contribution in [0.3, 0.4) is 0 Å². The Kier molecular flexibility index (Phi) is 4.49. The van der Waals surface area contributed by atoms with E-state index in [2.05, 4.69) is 10.6 Å². The molecule has 0 aromatic heterocycles. The van der Waals surface area contributed by atoms with Crippen LogP contribution in [0.5, 0.6) is 0 Å². The number of hydrogen-bond donors (Lipinski definition) is 2. The molecular formula is C19H15ClN2O2. The highest BCUT2D eigenvalue weighted by Crippen LogP contribution is 2.23. The van der Waals surface area contributed by atoms with E-state index in [1.165, 1.54) is 0 Å². The molecule has 0 radical (unpaired) electrons. The summed E-state index contributed by atoms with van der Waals surface area (Å²) in [6.45, 7) is 1.83. The van der Waals surface area contributed by atoms with Crippen LogP contribution in [0.15, 0.2) is 60.7 Å². The number of nitrogens with one attached hydrogen (secondary N) is 2. The maximum absolute atomic E-state index is 12.2. The topological polar surface area (TPSA) is 58.2 Å². The highest BCUT2D eigenvalue weighted by Gasteiger charge is 2.15. The molecular weight excluding hydrogens is 324 g/mol. The first kappa shape index (κ1) is 16.0. The van der Waals surface area contributed by atoms with Crippen LogP contribution in [-0.2, 0) is 9.59 Å². The predicted molar refractivity (Wildman–Crippen MR) is 97.4 cm³/mol. The summed E-state index contributed by atoms with van der Waals surface area (Å²) in [4.78, 5) is 24.3. The van der Waals surface area contributed by atoms with Crippen molar-refractivity contribution in [2.75, 3.05) is 10.6 Å². The first-order valence-electron chi connectivity index (χ1n) is 7.41. The molecule has 0 spiro atoms. The van der Waals surface area contributed by atoms with Crippen molar-refractivity contribution in [1.29, 1.82) is 0 Å². The SMILES string of the molecule is Cc1cc(NC(=O)C(=O)Nc2cccc3ccccc23)ccc1Cl. The van der Waals surface area contributed by atoms with Crippen LogP contribution < -0.4 is 10.6 Å². The van der Waals surface area contributed by atoms with Gasteiger partial charge in [0.2, 0.25) is 0 Å². The van der Waals surface area contributed by atoms with Gasteiger partial charge in [-0.3, -0.25) is 9.59 Å². The van der Waals surface area contributed by atoms with E-state index >= 15 is 0 Å². The molecule has 0 heterocycles. The van der Waals surface area contributed by atoms with E-state index in [1.807, 2.05) is 43.3 Å². The highest BCUT2D eigenvalue weighted by atomic mass is 35.5. The van der Waals surface area contributed by atoms with E-state index in [-0.39, 0.29) is 0 Å². The monoisotopic (exact) mass is 338 g/mol. The smallest absolute Gasteiger partial charge is 0.314 e. The number of hydrogen-bond acceptors (Lipinski definition) is 2. The van der Waals surface area contributed by atoms with E-state index in [1.54, 1.807) is 24.3 Å². The maximum atomic E-state index is 12.2. The van der Waals surface area contributed by atoms with Crippen molar-refractivity contribution in [3.05, 3.63) is 71.2 Å². The van der Waals surface area contributed by atoms with E-state index in [0.29, 0.717) is 16.4 Å². The summed E-state index contributed by atoms with van der Waals surface area (Å²) >= 11 is 5.95. The molecule has 4 nitrogen and oxygen atoms in total. The Labute approximate surface area is 144 Å². The Morgan fingerprint density at radius 2 is 1.58 bits per heavy atom. The molecule has 3 aromatic rings. The highest BCUT2D eigenvalue weighted by molar-refractivity contribution is 6.44. The first-order valence-corrected chi connectivity index (χ1v) is 7.78. The summed E-state index contributed by atoms with van der Waals surface area (Å²) in [5.41, 5.74) is 1.94. The van der Waals surface area contributed by atoms with Crippen molar-refractivity contribution < 1.29 is 9.59 Å². The molecule has 0 atom stereocenters. The number of carbonyl (C=O) groups is 2. The molecule has 2 N–H and O–H groups in total. The van der Waals surface area contributed by atoms with Gasteiger partial charge in [-0.15, -0.1) is 0 Å². The van der Waals surface area contributed by atoms with Crippen molar-refractivity contribution in [1.82, 2.24) is 0 Å². The minimum Gasteiger partial charge on any atom is -0.318 e. The fourth-order valence-corrected chi connectivity index (χ4v) is 2.54. The van der Waals surface area contributed by atoms with E-state index in [4.69, 9.17) is 11.6 Å². The van der Waals surface area contributed by atoms with Gasteiger partial charge in [0.25, 0.3) is 0 Å². The molecule has 24 heavy (non-hydrogen) atoms. The normalized spacial score (nSPS) is 10.4. The average molecular weight is 339 g/mol. The summed E-state index contributed by atoms with van der Waals surface area (Å²) in [5, 5.41) is 7.70. The van der Waals surface area contributed by atoms with Gasteiger partial charge in [-0.05, 0) is 42.1 Å². The van der Waals surface area contributed by atoms with Crippen LogP contribution in [0.4, 0.5) is 11.4 Å². The van der Waals surface area contributed by atoms with Crippen LogP contribution in [0.1, 0.15) is 5.56 Å². The third-order valence-electron chi connectivity index (χ3n) is 3.66. The second-order valence-corrected chi connectivity index (χ2v) is 5.81. The minimum atomic E-state index is -0.732. The van der Waals surface area contributed by atoms with Crippen molar-refractivity contribution in [3.8, 4) is 0 Å². The summed E-state index contributed by atoms with van der Waals surface area (Å²) in [6, 6.07) is 18.2. The molecule has 0 unspecified atom stereocenters. The Morgan fingerprint density at radius 1 is 0.875 bits per heavy atom. The van der Waals surface area contributed by atoms with Crippen LogP contribution in [-0.4, -0.2) is 11.8 Å². The van der Waals surface area contributed by atoms with Crippen LogP contribution in [0.25, 0.3) is 10.8 Å². The third-order valence-corrected chi connectivity index (χ3v) is 4.08. The van der Waals surface area contributed by atoms with Crippen molar-refractivity contribution in [2.24, 2.45) is 0 Å². The molecule has 0 fully saturated rings. The average Bonchev–Trinajstić information content (AvgIpc) is 2.58. The molecule has 0 bridgehead atoms. The molecule has 0 saturated heterocycles. The lowest BCUT2D eigenvalue weighted by molar-refractivity contribution is -0.132. The zero-order chi connectivity index (χ0) is 17.1. The second kappa shape index (κ2) is 6.72. The third kappa shape index (κ3) is 3.39. The Balaban J connectivity index is 1.76. The largest absolute Gasteiger partial charge is 0.318 e. The molecule has 0 aliphatic heterocycles. The predicted octanol–water partition coefficient (Wildman–Crippen LogP) is 4.38. The Morgan fingerprint density at radius 3 is 2.38 bits per heavy atom. The van der Waals surface area contributed by atoms with E-state index in [9.17, 15) is 9.59 Å². The lowest BCUT2D eigenvalue weighted by Gasteiger charge is -2.10. The number of fused-ring (bicyclic) bond motifs is 1. The molecule has 2 amide bonds. The van der Waals surface area contributed by atoms with Crippen LogP contribution in [0.2, 0.25) is 5.02 Å². The fourth-order valence-electron chi connectivity index (χ4n) is 2.42. The quantitative estimate of drug-likeness (QED) is 0.681. The number of anilines is 2. The van der Waals surface area contributed by atoms with Crippen molar-refractivity contribution in [3.63, 3.8) is 0 Å².